The van der Waals surface area contributed by atoms with Crippen LogP contribution in [0, 0.1) is 0 Å². The molecule has 4 aromatic rings. The molecule has 0 spiro atoms. The molecule has 0 bridgehead atoms. The van der Waals surface area contributed by atoms with Gasteiger partial charge in [-0.1, -0.05) is 35.3 Å². The van der Waals surface area contributed by atoms with Gasteiger partial charge in [-0.2, -0.15) is 0 Å². The van der Waals surface area contributed by atoms with E-state index in [-0.39, 0.29) is 0 Å². The average Bonchev–Trinajstić information content (AvgIpc) is 3.33. The van der Waals surface area contributed by atoms with Crippen molar-refractivity contribution in [2.75, 3.05) is 0 Å². The monoisotopic (exact) mass is 417 g/mol. The van der Waals surface area contributed by atoms with Crippen LogP contribution in [0.15, 0.2) is 66.3 Å². The molecule has 0 radical (unpaired) electrons. The first kappa shape index (κ1) is 17.6. The first-order valence-corrected chi connectivity index (χ1v) is 10.3. The number of thiophene rings is 2. The number of hydrogen-bond acceptors (Lipinski definition) is 4. The molecule has 0 aliphatic heterocycles. The van der Waals surface area contributed by atoms with Crippen molar-refractivity contribution in [2.45, 2.75) is 6.61 Å². The third-order valence-corrected chi connectivity index (χ3v) is 6.56. The Hall–Kier alpha value is -1.85. The van der Waals surface area contributed by atoms with Gasteiger partial charge in [-0.05, 0) is 41.8 Å². The molecule has 1 aromatic carbocycles. The Labute approximate surface area is 169 Å². The molecular formula is C20H13Cl2NOS2. The topological polar surface area (TPSA) is 22.1 Å². The van der Waals surface area contributed by atoms with Crippen molar-refractivity contribution in [3.63, 3.8) is 0 Å². The van der Waals surface area contributed by atoms with E-state index in [4.69, 9.17) is 27.9 Å². The molecule has 3 heterocycles. The molecule has 2 nitrogen and oxygen atoms in total. The van der Waals surface area contributed by atoms with Crippen LogP contribution in [0.4, 0.5) is 0 Å². The zero-order valence-electron chi connectivity index (χ0n) is 13.5. The highest BCUT2D eigenvalue weighted by Gasteiger charge is 2.08. The number of benzene rings is 1. The van der Waals surface area contributed by atoms with E-state index in [2.05, 4.69) is 34.6 Å². The molecule has 0 aliphatic carbocycles. The number of halogens is 2. The first-order valence-electron chi connectivity index (χ1n) is 7.85. The van der Waals surface area contributed by atoms with Crippen LogP contribution in [0.25, 0.3) is 20.2 Å². The normalized spacial score (nSPS) is 10.8. The van der Waals surface area contributed by atoms with Crippen molar-refractivity contribution in [3.8, 4) is 25.9 Å². The van der Waals surface area contributed by atoms with Crippen LogP contribution in [0.5, 0.6) is 5.75 Å². The van der Waals surface area contributed by atoms with Gasteiger partial charge in [0.05, 0.1) is 6.20 Å². The maximum absolute atomic E-state index is 6.20. The van der Waals surface area contributed by atoms with Crippen molar-refractivity contribution < 1.29 is 4.74 Å². The van der Waals surface area contributed by atoms with Gasteiger partial charge in [0.1, 0.15) is 12.4 Å². The lowest BCUT2D eigenvalue weighted by molar-refractivity contribution is 0.305. The minimum absolute atomic E-state index is 0.367. The summed E-state index contributed by atoms with van der Waals surface area (Å²) in [5, 5.41) is 3.30. The lowest BCUT2D eigenvalue weighted by Crippen LogP contribution is -1.97. The summed E-state index contributed by atoms with van der Waals surface area (Å²) in [5.74, 6) is 0.708. The van der Waals surface area contributed by atoms with E-state index in [0.29, 0.717) is 22.4 Å². The van der Waals surface area contributed by atoms with E-state index >= 15 is 0 Å². The van der Waals surface area contributed by atoms with Gasteiger partial charge in [-0.15, -0.1) is 22.7 Å². The molecule has 26 heavy (non-hydrogen) atoms. The summed E-state index contributed by atoms with van der Waals surface area (Å²) >= 11 is 15.6. The fraction of sp³-hybridized carbons (Fsp3) is 0.0500. The highest BCUT2D eigenvalue weighted by molar-refractivity contribution is 7.23. The summed E-state index contributed by atoms with van der Waals surface area (Å²) < 4.78 is 5.87. The Morgan fingerprint density at radius 3 is 2.62 bits per heavy atom. The Kier molecular flexibility index (Phi) is 5.27. The second-order valence-electron chi connectivity index (χ2n) is 5.57. The summed E-state index contributed by atoms with van der Waals surface area (Å²) in [5.41, 5.74) is 1.93. The smallest absolute Gasteiger partial charge is 0.138 e. The molecule has 130 valence electrons. The summed E-state index contributed by atoms with van der Waals surface area (Å²) in [4.78, 5) is 8.01. The Balaban J connectivity index is 1.51. The standard InChI is InChI=1S/C20H13Cl2NOS2/c21-15-4-3-13(17(22)9-15)12-24-16-8-14(10-23-11-16)18-5-6-20(26-18)19-2-1-7-25-19/h1-11H,12H2. The zero-order valence-corrected chi connectivity index (χ0v) is 16.6. The third-order valence-electron chi connectivity index (χ3n) is 3.78. The molecule has 4 rings (SSSR count). The van der Waals surface area contributed by atoms with Crippen LogP contribution < -0.4 is 4.74 Å². The van der Waals surface area contributed by atoms with Crippen LogP contribution in [0.1, 0.15) is 5.56 Å². The molecular weight excluding hydrogens is 405 g/mol. The Morgan fingerprint density at radius 2 is 1.81 bits per heavy atom. The lowest BCUT2D eigenvalue weighted by atomic mass is 10.2. The Bertz CT molecular complexity index is 1030. The molecule has 0 fully saturated rings. The summed E-state index contributed by atoms with van der Waals surface area (Å²) in [6.07, 6.45) is 3.56. The predicted molar refractivity (Wildman–Crippen MR) is 112 cm³/mol. The number of hydrogen-bond donors (Lipinski definition) is 0. The highest BCUT2D eigenvalue weighted by atomic mass is 35.5. The van der Waals surface area contributed by atoms with E-state index in [1.54, 1.807) is 41.0 Å². The van der Waals surface area contributed by atoms with Gasteiger partial charge in [0.2, 0.25) is 0 Å². The van der Waals surface area contributed by atoms with Gasteiger partial charge in [0, 0.05) is 42.0 Å². The molecule has 0 saturated carbocycles. The zero-order chi connectivity index (χ0) is 17.9. The van der Waals surface area contributed by atoms with Crippen molar-refractivity contribution in [2.24, 2.45) is 0 Å². The number of pyridine rings is 1. The van der Waals surface area contributed by atoms with E-state index in [1.807, 2.05) is 18.3 Å². The Morgan fingerprint density at radius 1 is 0.923 bits per heavy atom. The van der Waals surface area contributed by atoms with Gasteiger partial charge in [0.15, 0.2) is 0 Å². The minimum Gasteiger partial charge on any atom is -0.487 e. The van der Waals surface area contributed by atoms with Crippen molar-refractivity contribution in [3.05, 3.63) is 81.9 Å². The maximum Gasteiger partial charge on any atom is 0.138 e. The number of ether oxygens (including phenoxy) is 1. The van der Waals surface area contributed by atoms with Gasteiger partial charge >= 0.3 is 0 Å². The lowest BCUT2D eigenvalue weighted by Gasteiger charge is -2.08. The molecule has 0 atom stereocenters. The van der Waals surface area contributed by atoms with Crippen LogP contribution in [-0.2, 0) is 6.61 Å². The van der Waals surface area contributed by atoms with Crippen molar-refractivity contribution in [1.82, 2.24) is 4.98 Å². The van der Waals surface area contributed by atoms with E-state index in [1.165, 1.54) is 9.75 Å². The second kappa shape index (κ2) is 7.80. The molecule has 0 unspecified atom stereocenters. The fourth-order valence-corrected chi connectivity index (χ4v) is 4.76. The minimum atomic E-state index is 0.367. The van der Waals surface area contributed by atoms with Gasteiger partial charge in [-0.3, -0.25) is 4.98 Å². The number of rotatable bonds is 5. The van der Waals surface area contributed by atoms with Crippen LogP contribution in [0.2, 0.25) is 10.0 Å². The summed E-state index contributed by atoms with van der Waals surface area (Å²) in [7, 11) is 0. The molecule has 0 N–H and O–H groups in total. The highest BCUT2D eigenvalue weighted by Crippen LogP contribution is 2.37. The third kappa shape index (κ3) is 3.94. The van der Waals surface area contributed by atoms with Crippen molar-refractivity contribution >= 4 is 45.9 Å². The molecule has 0 amide bonds. The van der Waals surface area contributed by atoms with E-state index in [9.17, 15) is 0 Å². The molecule has 0 aliphatic rings. The van der Waals surface area contributed by atoms with Gasteiger partial charge < -0.3 is 4.74 Å². The van der Waals surface area contributed by atoms with Gasteiger partial charge in [0.25, 0.3) is 0 Å². The maximum atomic E-state index is 6.20. The fourth-order valence-electron chi connectivity index (χ4n) is 2.48. The summed E-state index contributed by atoms with van der Waals surface area (Å²) in [6, 6.07) is 15.9. The molecule has 3 aromatic heterocycles. The van der Waals surface area contributed by atoms with Crippen LogP contribution in [0.3, 0.4) is 0 Å². The quantitative estimate of drug-likeness (QED) is 0.336. The number of nitrogens with zero attached hydrogens (tertiary/aromatic N) is 1. The number of aromatic nitrogens is 1. The SMILES string of the molecule is Clc1ccc(COc2cncc(-c3ccc(-c4cccs4)s3)c2)c(Cl)c1. The molecule has 0 saturated heterocycles. The first-order chi connectivity index (χ1) is 12.7. The summed E-state index contributed by atoms with van der Waals surface area (Å²) in [6.45, 7) is 0.367. The van der Waals surface area contributed by atoms with E-state index in [0.717, 1.165) is 16.0 Å². The van der Waals surface area contributed by atoms with Crippen molar-refractivity contribution in [1.29, 1.82) is 0 Å². The largest absolute Gasteiger partial charge is 0.487 e. The second-order valence-corrected chi connectivity index (χ2v) is 8.45. The molecule has 6 heteroatoms. The average molecular weight is 418 g/mol. The van der Waals surface area contributed by atoms with Crippen LogP contribution in [-0.4, -0.2) is 4.98 Å². The van der Waals surface area contributed by atoms with Crippen LogP contribution >= 0.6 is 45.9 Å². The van der Waals surface area contributed by atoms with E-state index < -0.39 is 0 Å². The predicted octanol–water partition coefficient (Wildman–Crippen LogP) is 7.42. The van der Waals surface area contributed by atoms with Gasteiger partial charge in [-0.25, -0.2) is 0 Å².